The van der Waals surface area contributed by atoms with Crippen LogP contribution in [-0.2, 0) is 0 Å². The molecule has 76 valence electrons. The molecule has 2 bridgehead atoms. The first-order chi connectivity index (χ1) is 6.35. The van der Waals surface area contributed by atoms with Crippen LogP contribution < -0.4 is 0 Å². The summed E-state index contributed by atoms with van der Waals surface area (Å²) in [4.78, 5) is 0. The maximum Gasteiger partial charge on any atom is -0.0290 e. The topological polar surface area (TPSA) is 0 Å². The Hall–Kier alpha value is 0. The fourth-order valence-electron chi connectivity index (χ4n) is 3.24. The molecule has 0 heterocycles. The summed E-state index contributed by atoms with van der Waals surface area (Å²) in [5.41, 5.74) is 0.912. The molecule has 3 saturated carbocycles. The fourth-order valence-corrected chi connectivity index (χ4v) is 3.24. The van der Waals surface area contributed by atoms with Crippen LogP contribution in [0, 0.1) is 11.3 Å². The summed E-state index contributed by atoms with van der Waals surface area (Å²) in [5, 5.41) is 0. The average molecular weight is 180 g/mol. The summed E-state index contributed by atoms with van der Waals surface area (Å²) < 4.78 is 0. The molecule has 0 heteroatoms. The first-order valence-corrected chi connectivity index (χ1v) is 6.35. The Bertz CT molecular complexity index is 142. The zero-order valence-corrected chi connectivity index (χ0v) is 9.15. The molecule has 0 radical (unpaired) electrons. The van der Waals surface area contributed by atoms with Gasteiger partial charge in [0.2, 0.25) is 0 Å². The maximum atomic E-state index is 2.29. The van der Waals surface area contributed by atoms with Crippen LogP contribution in [0.4, 0.5) is 0 Å². The fraction of sp³-hybridized carbons (Fsp3) is 1.00. The van der Waals surface area contributed by atoms with Crippen molar-refractivity contribution in [3.63, 3.8) is 0 Å². The van der Waals surface area contributed by atoms with E-state index in [-0.39, 0.29) is 0 Å². The van der Waals surface area contributed by atoms with Crippen molar-refractivity contribution in [1.29, 1.82) is 0 Å². The lowest BCUT2D eigenvalue weighted by molar-refractivity contribution is -0.113. The van der Waals surface area contributed by atoms with Gasteiger partial charge in [-0.3, -0.25) is 0 Å². The van der Waals surface area contributed by atoms with E-state index in [2.05, 4.69) is 6.92 Å². The van der Waals surface area contributed by atoms with Crippen LogP contribution in [0.3, 0.4) is 0 Å². The van der Waals surface area contributed by atoms with Gasteiger partial charge in [0.05, 0.1) is 0 Å². The second-order valence-electron chi connectivity index (χ2n) is 5.50. The summed E-state index contributed by atoms with van der Waals surface area (Å²) in [7, 11) is 0. The molecule has 3 aliphatic carbocycles. The van der Waals surface area contributed by atoms with Crippen molar-refractivity contribution in [2.24, 2.45) is 11.3 Å². The molecule has 0 unspecified atom stereocenters. The largest absolute Gasteiger partial charge is 0.0654 e. The third kappa shape index (κ3) is 2.08. The van der Waals surface area contributed by atoms with Crippen molar-refractivity contribution in [2.45, 2.75) is 71.1 Å². The van der Waals surface area contributed by atoms with E-state index in [0.717, 1.165) is 5.41 Å². The predicted molar refractivity (Wildman–Crippen MR) is 57.8 cm³/mol. The number of hydrogen-bond donors (Lipinski definition) is 0. The second kappa shape index (κ2) is 4.02. The van der Waals surface area contributed by atoms with E-state index in [1.165, 1.54) is 44.4 Å². The third-order valence-corrected chi connectivity index (χ3v) is 4.23. The van der Waals surface area contributed by atoms with E-state index in [1.54, 1.807) is 25.7 Å². The maximum absolute atomic E-state index is 2.29. The number of unbranched alkanes of at least 4 members (excludes halogenated alkanes) is 5. The molecule has 3 fully saturated rings. The van der Waals surface area contributed by atoms with Crippen LogP contribution in [0.5, 0.6) is 0 Å². The van der Waals surface area contributed by atoms with Crippen molar-refractivity contribution in [1.82, 2.24) is 0 Å². The van der Waals surface area contributed by atoms with Gasteiger partial charge >= 0.3 is 0 Å². The molecule has 0 aromatic rings. The summed E-state index contributed by atoms with van der Waals surface area (Å²) in [6, 6.07) is 0. The van der Waals surface area contributed by atoms with Gasteiger partial charge in [-0.15, -0.1) is 0 Å². The molecule has 0 saturated heterocycles. The quantitative estimate of drug-likeness (QED) is 0.505. The standard InChI is InChI=1S/C13H24/c1-2-3-4-5-6-7-8-13-9-12(10-13)11-13/h12H,2-11H2,1H3. The molecule has 0 N–H and O–H groups in total. The minimum absolute atomic E-state index is 0.912. The molecule has 13 heavy (non-hydrogen) atoms. The van der Waals surface area contributed by atoms with Gasteiger partial charge in [0.15, 0.2) is 0 Å². The van der Waals surface area contributed by atoms with Crippen molar-refractivity contribution >= 4 is 0 Å². The first-order valence-electron chi connectivity index (χ1n) is 6.35. The zero-order chi connectivity index (χ0) is 9.15. The van der Waals surface area contributed by atoms with Gasteiger partial charge in [-0.1, -0.05) is 45.4 Å². The Kier molecular flexibility index (Phi) is 2.96. The monoisotopic (exact) mass is 180 g/mol. The SMILES string of the molecule is CCCCCCCCC12CC(C1)C2. The van der Waals surface area contributed by atoms with Crippen molar-refractivity contribution in [3.05, 3.63) is 0 Å². The molecule has 3 rings (SSSR count). The molecule has 0 spiro atoms. The first kappa shape index (κ1) is 9.55. The highest BCUT2D eigenvalue weighted by molar-refractivity contribution is 5.06. The normalized spacial score (nSPS) is 35.3. The van der Waals surface area contributed by atoms with Crippen LogP contribution in [-0.4, -0.2) is 0 Å². The summed E-state index contributed by atoms with van der Waals surface area (Å²) in [6.45, 7) is 2.29. The molecular formula is C13H24. The van der Waals surface area contributed by atoms with E-state index in [4.69, 9.17) is 0 Å². The van der Waals surface area contributed by atoms with Gasteiger partial charge in [-0.2, -0.15) is 0 Å². The summed E-state index contributed by atoms with van der Waals surface area (Å²) in [6.07, 6.45) is 15.2. The van der Waals surface area contributed by atoms with E-state index < -0.39 is 0 Å². The molecular weight excluding hydrogens is 156 g/mol. The van der Waals surface area contributed by atoms with Crippen LogP contribution in [0.2, 0.25) is 0 Å². The Morgan fingerprint density at radius 2 is 1.54 bits per heavy atom. The van der Waals surface area contributed by atoms with E-state index in [9.17, 15) is 0 Å². The van der Waals surface area contributed by atoms with Gasteiger partial charge < -0.3 is 0 Å². The molecule has 0 atom stereocenters. The summed E-state index contributed by atoms with van der Waals surface area (Å²) in [5.74, 6) is 1.18. The predicted octanol–water partition coefficient (Wildman–Crippen LogP) is 4.54. The Morgan fingerprint density at radius 3 is 2.08 bits per heavy atom. The number of rotatable bonds is 7. The molecule has 3 aliphatic rings. The molecule has 0 nitrogen and oxygen atoms in total. The van der Waals surface area contributed by atoms with E-state index in [1.807, 2.05) is 0 Å². The molecule has 0 aromatic carbocycles. The lowest BCUT2D eigenvalue weighted by atomic mass is 9.43. The van der Waals surface area contributed by atoms with Crippen LogP contribution in [0.25, 0.3) is 0 Å². The lowest BCUT2D eigenvalue weighted by Gasteiger charge is -2.62. The van der Waals surface area contributed by atoms with Crippen LogP contribution >= 0.6 is 0 Å². The Morgan fingerprint density at radius 1 is 0.923 bits per heavy atom. The summed E-state index contributed by atoms with van der Waals surface area (Å²) >= 11 is 0. The van der Waals surface area contributed by atoms with Gasteiger partial charge in [-0.05, 0) is 37.0 Å². The third-order valence-electron chi connectivity index (χ3n) is 4.23. The zero-order valence-electron chi connectivity index (χ0n) is 9.15. The van der Waals surface area contributed by atoms with Crippen molar-refractivity contribution in [3.8, 4) is 0 Å². The van der Waals surface area contributed by atoms with Gasteiger partial charge in [-0.25, -0.2) is 0 Å². The highest BCUT2D eigenvalue weighted by atomic mass is 14.6. The van der Waals surface area contributed by atoms with Crippen molar-refractivity contribution < 1.29 is 0 Å². The number of hydrogen-bond acceptors (Lipinski definition) is 0. The minimum Gasteiger partial charge on any atom is -0.0654 e. The highest BCUT2D eigenvalue weighted by Crippen LogP contribution is 2.66. The Labute approximate surface area is 83.1 Å². The smallest absolute Gasteiger partial charge is 0.0290 e. The van der Waals surface area contributed by atoms with E-state index >= 15 is 0 Å². The van der Waals surface area contributed by atoms with Gasteiger partial charge in [0.1, 0.15) is 0 Å². The van der Waals surface area contributed by atoms with Crippen LogP contribution in [0.15, 0.2) is 0 Å². The average Bonchev–Trinajstić information content (AvgIpc) is 1.97. The van der Waals surface area contributed by atoms with Crippen LogP contribution in [0.1, 0.15) is 71.1 Å². The van der Waals surface area contributed by atoms with Crippen molar-refractivity contribution in [2.75, 3.05) is 0 Å². The lowest BCUT2D eigenvalue weighted by Crippen LogP contribution is -2.51. The Balaban J connectivity index is 1.41. The second-order valence-corrected chi connectivity index (χ2v) is 5.50. The van der Waals surface area contributed by atoms with Gasteiger partial charge in [0.25, 0.3) is 0 Å². The van der Waals surface area contributed by atoms with E-state index in [0.29, 0.717) is 0 Å². The molecule has 0 aromatic heterocycles. The molecule has 0 amide bonds. The minimum atomic E-state index is 0.912. The highest BCUT2D eigenvalue weighted by Gasteiger charge is 2.55. The van der Waals surface area contributed by atoms with Gasteiger partial charge in [0, 0.05) is 0 Å². The molecule has 0 aliphatic heterocycles.